The van der Waals surface area contributed by atoms with Crippen molar-refractivity contribution in [3.63, 3.8) is 0 Å². The van der Waals surface area contributed by atoms with Gasteiger partial charge in [0.05, 0.1) is 10.7 Å². The fraction of sp³-hybridized carbons (Fsp3) is 0.565. The van der Waals surface area contributed by atoms with Gasteiger partial charge < -0.3 is 15.5 Å². The lowest BCUT2D eigenvalue weighted by Crippen LogP contribution is -2.43. The summed E-state index contributed by atoms with van der Waals surface area (Å²) in [5.41, 5.74) is 3.31. The maximum absolute atomic E-state index is 12.3. The number of hydrogen-bond donors (Lipinski definition) is 2. The van der Waals surface area contributed by atoms with Crippen LogP contribution in [0, 0.1) is 12.8 Å². The number of amides is 1. The number of benzene rings is 1. The second kappa shape index (κ2) is 9.26. The summed E-state index contributed by atoms with van der Waals surface area (Å²) in [5.74, 6) is 0.392. The summed E-state index contributed by atoms with van der Waals surface area (Å²) >= 11 is 1.72. The number of carbonyl (C=O) groups excluding carboxylic acids is 1. The van der Waals surface area contributed by atoms with Gasteiger partial charge in [0, 0.05) is 47.8 Å². The van der Waals surface area contributed by atoms with Crippen LogP contribution in [-0.2, 0) is 4.79 Å². The van der Waals surface area contributed by atoms with E-state index < -0.39 is 0 Å². The first-order valence-corrected chi connectivity index (χ1v) is 11.8. The van der Waals surface area contributed by atoms with Gasteiger partial charge in [0.2, 0.25) is 5.91 Å². The van der Waals surface area contributed by atoms with E-state index in [-0.39, 0.29) is 11.8 Å². The van der Waals surface area contributed by atoms with Crippen LogP contribution in [0.5, 0.6) is 0 Å². The first-order valence-electron chi connectivity index (χ1n) is 10.9. The second-order valence-electron chi connectivity index (χ2n) is 8.46. The molecule has 2 aliphatic rings. The van der Waals surface area contributed by atoms with Gasteiger partial charge in [0.15, 0.2) is 0 Å². The summed E-state index contributed by atoms with van der Waals surface area (Å²) in [6, 6.07) is 9.20. The maximum atomic E-state index is 12.3. The number of nitrogens with zero attached hydrogens (tertiary/aromatic N) is 2. The normalized spacial score (nSPS) is 19.4. The summed E-state index contributed by atoms with van der Waals surface area (Å²) in [7, 11) is 0. The minimum atomic E-state index is 0.187. The molecule has 4 rings (SSSR count). The summed E-state index contributed by atoms with van der Waals surface area (Å²) in [4.78, 5) is 19.3. The monoisotopic (exact) mass is 412 g/mol. The van der Waals surface area contributed by atoms with E-state index in [9.17, 15) is 4.79 Å². The molecule has 2 aromatic rings. The Morgan fingerprint density at radius 2 is 1.83 bits per heavy atom. The van der Waals surface area contributed by atoms with Crippen molar-refractivity contribution in [3.05, 3.63) is 40.3 Å². The lowest BCUT2D eigenvalue weighted by Gasteiger charge is -2.35. The van der Waals surface area contributed by atoms with E-state index in [4.69, 9.17) is 0 Å². The molecule has 1 aromatic heterocycles. The largest absolute Gasteiger partial charge is 0.371 e. The van der Waals surface area contributed by atoms with Gasteiger partial charge in [-0.15, -0.1) is 11.3 Å². The average molecular weight is 413 g/mol. The Bertz CT molecular complexity index is 805. The summed E-state index contributed by atoms with van der Waals surface area (Å²) in [6.07, 6.45) is 6.70. The summed E-state index contributed by atoms with van der Waals surface area (Å²) in [5, 5.41) is 10.1. The first kappa shape index (κ1) is 20.4. The highest BCUT2D eigenvalue weighted by atomic mass is 32.1. The molecule has 1 aliphatic carbocycles. The lowest BCUT2D eigenvalue weighted by atomic mass is 10.0. The van der Waals surface area contributed by atoms with Gasteiger partial charge in [0.25, 0.3) is 0 Å². The van der Waals surface area contributed by atoms with E-state index in [1.165, 1.54) is 18.5 Å². The van der Waals surface area contributed by atoms with Crippen LogP contribution in [0.25, 0.3) is 0 Å². The zero-order chi connectivity index (χ0) is 20.2. The van der Waals surface area contributed by atoms with Crippen molar-refractivity contribution in [1.29, 1.82) is 0 Å². The molecule has 2 N–H and O–H groups in total. The average Bonchev–Trinajstić information content (AvgIpc) is 3.41. The van der Waals surface area contributed by atoms with Crippen molar-refractivity contribution in [2.45, 2.75) is 64.5 Å². The molecule has 1 saturated heterocycles. The van der Waals surface area contributed by atoms with Crippen LogP contribution in [0.4, 0.5) is 11.4 Å². The SMILES string of the molecule is Cc1nc(C(C)NC2CCN(c3ccc(NC(=O)C4CCCC4)cc3)CC2)cs1. The highest BCUT2D eigenvalue weighted by Gasteiger charge is 2.23. The second-order valence-corrected chi connectivity index (χ2v) is 9.52. The van der Waals surface area contributed by atoms with E-state index in [1.807, 2.05) is 12.1 Å². The van der Waals surface area contributed by atoms with Crippen molar-refractivity contribution in [2.24, 2.45) is 5.92 Å². The van der Waals surface area contributed by atoms with Gasteiger partial charge in [-0.25, -0.2) is 4.98 Å². The zero-order valence-corrected chi connectivity index (χ0v) is 18.3. The Hall–Kier alpha value is -1.92. The molecule has 2 fully saturated rings. The van der Waals surface area contributed by atoms with Gasteiger partial charge in [-0.3, -0.25) is 4.79 Å². The van der Waals surface area contributed by atoms with Crippen LogP contribution in [0.3, 0.4) is 0 Å². The molecule has 0 radical (unpaired) electrons. The Balaban J connectivity index is 1.25. The van der Waals surface area contributed by atoms with E-state index in [1.54, 1.807) is 11.3 Å². The number of hydrogen-bond acceptors (Lipinski definition) is 5. The van der Waals surface area contributed by atoms with Gasteiger partial charge in [0.1, 0.15) is 0 Å². The standard InChI is InChI=1S/C23H32N4OS/c1-16(22-15-29-17(2)25-22)24-20-11-13-27(14-12-20)21-9-7-19(8-10-21)26-23(28)18-5-3-4-6-18/h7-10,15-16,18,20,24H,3-6,11-14H2,1-2H3,(H,26,28). The minimum absolute atomic E-state index is 0.187. The molecular weight excluding hydrogens is 380 g/mol. The molecule has 1 aliphatic heterocycles. The van der Waals surface area contributed by atoms with Crippen LogP contribution < -0.4 is 15.5 Å². The quantitative estimate of drug-likeness (QED) is 0.708. The number of rotatable bonds is 6. The van der Waals surface area contributed by atoms with Gasteiger partial charge >= 0.3 is 0 Å². The van der Waals surface area contributed by atoms with Gasteiger partial charge in [-0.1, -0.05) is 12.8 Å². The third-order valence-corrected chi connectivity index (χ3v) is 7.08. The number of piperidine rings is 1. The molecule has 156 valence electrons. The molecule has 0 bridgehead atoms. The molecule has 1 saturated carbocycles. The van der Waals surface area contributed by atoms with E-state index in [0.29, 0.717) is 12.1 Å². The van der Waals surface area contributed by atoms with E-state index in [2.05, 4.69) is 51.9 Å². The topological polar surface area (TPSA) is 57.3 Å². The predicted octanol–water partition coefficient (Wildman–Crippen LogP) is 4.90. The van der Waals surface area contributed by atoms with Crippen LogP contribution >= 0.6 is 11.3 Å². The Morgan fingerprint density at radius 1 is 1.14 bits per heavy atom. The number of nitrogens with one attached hydrogen (secondary N) is 2. The molecule has 5 nitrogen and oxygen atoms in total. The number of thiazole rings is 1. The van der Waals surface area contributed by atoms with Crippen LogP contribution in [-0.4, -0.2) is 30.0 Å². The molecule has 29 heavy (non-hydrogen) atoms. The molecule has 1 amide bonds. The van der Waals surface area contributed by atoms with Crippen LogP contribution in [0.2, 0.25) is 0 Å². The fourth-order valence-corrected chi connectivity index (χ4v) is 5.22. The number of aryl methyl sites for hydroxylation is 1. The maximum Gasteiger partial charge on any atom is 0.227 e. The molecule has 1 atom stereocenters. The third-order valence-electron chi connectivity index (χ3n) is 6.29. The Morgan fingerprint density at radius 3 is 2.45 bits per heavy atom. The predicted molar refractivity (Wildman–Crippen MR) is 121 cm³/mol. The third kappa shape index (κ3) is 5.17. The molecular formula is C23H32N4OS. The van der Waals surface area contributed by atoms with Crippen LogP contribution in [0.15, 0.2) is 29.6 Å². The number of aromatic nitrogens is 1. The van der Waals surface area contributed by atoms with E-state index in [0.717, 1.165) is 55.2 Å². The van der Waals surface area contributed by atoms with Crippen molar-refractivity contribution in [3.8, 4) is 0 Å². The highest BCUT2D eigenvalue weighted by molar-refractivity contribution is 7.09. The molecule has 2 heterocycles. The van der Waals surface area contributed by atoms with Crippen molar-refractivity contribution >= 4 is 28.6 Å². The van der Waals surface area contributed by atoms with Crippen molar-refractivity contribution < 1.29 is 4.79 Å². The summed E-state index contributed by atoms with van der Waals surface area (Å²) in [6.45, 7) is 6.37. The molecule has 1 aromatic carbocycles. The fourth-order valence-electron chi connectivity index (χ4n) is 4.51. The van der Waals surface area contributed by atoms with E-state index >= 15 is 0 Å². The Kier molecular flexibility index (Phi) is 6.50. The molecule has 0 spiro atoms. The lowest BCUT2D eigenvalue weighted by molar-refractivity contribution is -0.119. The zero-order valence-electron chi connectivity index (χ0n) is 17.5. The molecule has 6 heteroatoms. The first-order chi connectivity index (χ1) is 14.1. The van der Waals surface area contributed by atoms with Gasteiger partial charge in [-0.05, 0) is 63.8 Å². The van der Waals surface area contributed by atoms with Crippen LogP contribution in [0.1, 0.15) is 62.2 Å². The summed E-state index contributed by atoms with van der Waals surface area (Å²) < 4.78 is 0. The highest BCUT2D eigenvalue weighted by Crippen LogP contribution is 2.27. The number of anilines is 2. The number of carbonyl (C=O) groups is 1. The smallest absolute Gasteiger partial charge is 0.227 e. The van der Waals surface area contributed by atoms with Gasteiger partial charge in [-0.2, -0.15) is 0 Å². The Labute approximate surface area is 177 Å². The van der Waals surface area contributed by atoms with Crippen molar-refractivity contribution in [2.75, 3.05) is 23.3 Å². The molecule has 1 unspecified atom stereocenters. The van der Waals surface area contributed by atoms with Crippen molar-refractivity contribution in [1.82, 2.24) is 10.3 Å². The minimum Gasteiger partial charge on any atom is -0.371 e.